The van der Waals surface area contributed by atoms with E-state index in [1.807, 2.05) is 0 Å². The first-order chi connectivity index (χ1) is 4.43. The third-order valence-electron chi connectivity index (χ3n) is 0.648. The fraction of sp³-hybridized carbons (Fsp3) is 0. The van der Waals surface area contributed by atoms with E-state index in [0.717, 1.165) is 0 Å². The summed E-state index contributed by atoms with van der Waals surface area (Å²) >= 11 is 4.32. The van der Waals surface area contributed by atoms with Crippen LogP contribution in [-0.4, -0.2) is 5.16 Å². The molecule has 0 saturated heterocycles. The Kier molecular flexibility index (Phi) is 2.01. The summed E-state index contributed by atoms with van der Waals surface area (Å²) in [6, 6.07) is 0. The van der Waals surface area contributed by atoms with Crippen LogP contribution in [0.1, 0.15) is 0 Å². The molecular weight excluding hydrogens is 138 g/mol. The Morgan fingerprint density at radius 1 is 1.56 bits per heavy atom. The van der Waals surface area contributed by atoms with Crippen molar-refractivity contribution < 1.29 is 9.47 Å². The highest BCUT2D eigenvalue weighted by Crippen LogP contribution is 2.04. The molecule has 1 rings (SSSR count). The van der Waals surface area contributed by atoms with Gasteiger partial charge in [0.2, 0.25) is 0 Å². The molecule has 0 fully saturated rings. The first-order valence-electron chi connectivity index (χ1n) is 2.18. The van der Waals surface area contributed by atoms with Crippen LogP contribution in [0.3, 0.4) is 0 Å². The quantitative estimate of drug-likeness (QED) is 0.408. The van der Waals surface area contributed by atoms with E-state index in [9.17, 15) is 0 Å². The maximum atomic E-state index is 4.78. The molecule has 0 aliphatic carbocycles. The minimum atomic E-state index is 0.313. The van der Waals surface area contributed by atoms with E-state index in [1.165, 1.54) is 18.8 Å². The molecule has 1 aliphatic heterocycles. The first-order valence-corrected chi connectivity index (χ1v) is 2.59. The van der Waals surface area contributed by atoms with Crippen LogP contribution in [0, 0.1) is 0 Å². The zero-order valence-electron chi connectivity index (χ0n) is 4.40. The molecular formula is C5H3NO2S. The lowest BCUT2D eigenvalue weighted by atomic mass is 10.8. The molecule has 4 heteroatoms. The Bertz CT molecular complexity index is 203. The van der Waals surface area contributed by atoms with Crippen LogP contribution in [0.15, 0.2) is 29.7 Å². The Morgan fingerprint density at radius 2 is 2.44 bits per heavy atom. The van der Waals surface area contributed by atoms with E-state index in [-0.39, 0.29) is 0 Å². The average Bonchev–Trinajstić information content (AvgIpc) is 1.91. The van der Waals surface area contributed by atoms with Crippen molar-refractivity contribution in [1.82, 2.24) is 0 Å². The van der Waals surface area contributed by atoms with Crippen molar-refractivity contribution in [3.63, 3.8) is 0 Å². The van der Waals surface area contributed by atoms with E-state index >= 15 is 0 Å². The second-order valence-corrected chi connectivity index (χ2v) is 1.37. The summed E-state index contributed by atoms with van der Waals surface area (Å²) in [7, 11) is 0. The van der Waals surface area contributed by atoms with Crippen LogP contribution in [0.4, 0.5) is 0 Å². The van der Waals surface area contributed by atoms with Crippen molar-refractivity contribution in [2.45, 2.75) is 0 Å². The first kappa shape index (κ1) is 6.01. The second-order valence-electron chi connectivity index (χ2n) is 1.19. The van der Waals surface area contributed by atoms with Gasteiger partial charge < -0.3 is 9.47 Å². The van der Waals surface area contributed by atoms with Gasteiger partial charge in [0, 0.05) is 0 Å². The molecule has 0 spiro atoms. The van der Waals surface area contributed by atoms with Crippen LogP contribution >= 0.6 is 12.2 Å². The van der Waals surface area contributed by atoms with Gasteiger partial charge in [0.05, 0.1) is 5.16 Å². The third kappa shape index (κ3) is 1.68. The molecule has 9 heavy (non-hydrogen) atoms. The Hall–Kier alpha value is -1.12. The molecule has 0 amide bonds. The molecule has 0 atom stereocenters. The van der Waals surface area contributed by atoms with Gasteiger partial charge in [-0.2, -0.15) is 4.99 Å². The lowest BCUT2D eigenvalue weighted by Crippen LogP contribution is -1.86. The van der Waals surface area contributed by atoms with E-state index in [4.69, 9.17) is 4.74 Å². The Morgan fingerprint density at radius 3 is 3.00 bits per heavy atom. The molecule has 0 saturated carbocycles. The Labute approximate surface area is 57.3 Å². The summed E-state index contributed by atoms with van der Waals surface area (Å²) in [4.78, 5) is 3.51. The topological polar surface area (TPSA) is 30.8 Å². The summed E-state index contributed by atoms with van der Waals surface area (Å²) in [5.41, 5.74) is 0. The monoisotopic (exact) mass is 141 g/mol. The number of ether oxygens (including phenoxy) is 2. The Balaban J connectivity index is 2.60. The summed E-state index contributed by atoms with van der Waals surface area (Å²) in [5, 5.41) is 2.14. The number of rotatable bonds is 1. The highest BCUT2D eigenvalue weighted by molar-refractivity contribution is 7.78. The van der Waals surface area contributed by atoms with Crippen molar-refractivity contribution in [2.24, 2.45) is 4.99 Å². The predicted octanol–water partition coefficient (Wildman–Crippen LogP) is 1.41. The molecule has 1 aliphatic rings. The summed E-state index contributed by atoms with van der Waals surface area (Å²) in [6.07, 6.45) is 4.09. The zero-order chi connectivity index (χ0) is 6.53. The minimum Gasteiger partial charge on any atom is -0.464 e. The SMILES string of the molecule is S=C=NC1=COC=CO1. The van der Waals surface area contributed by atoms with Gasteiger partial charge in [-0.15, -0.1) is 0 Å². The zero-order valence-corrected chi connectivity index (χ0v) is 5.22. The molecule has 3 nitrogen and oxygen atoms in total. The van der Waals surface area contributed by atoms with Gasteiger partial charge in [-0.1, -0.05) is 0 Å². The van der Waals surface area contributed by atoms with Gasteiger partial charge in [-0.05, 0) is 12.2 Å². The number of thiocarbonyl (C=S) groups is 1. The van der Waals surface area contributed by atoms with Crippen LogP contribution in [0.2, 0.25) is 0 Å². The highest BCUT2D eigenvalue weighted by atomic mass is 32.1. The van der Waals surface area contributed by atoms with E-state index in [0.29, 0.717) is 5.88 Å². The maximum absolute atomic E-state index is 4.78. The number of nitrogens with zero attached hydrogens (tertiary/aromatic N) is 1. The van der Waals surface area contributed by atoms with Crippen molar-refractivity contribution in [3.05, 3.63) is 24.7 Å². The number of hydrogen-bond donors (Lipinski definition) is 0. The van der Waals surface area contributed by atoms with Gasteiger partial charge in [0.15, 0.2) is 6.26 Å². The van der Waals surface area contributed by atoms with Gasteiger partial charge in [-0.3, -0.25) is 0 Å². The lowest BCUT2D eigenvalue weighted by molar-refractivity contribution is 0.255. The van der Waals surface area contributed by atoms with Crippen LogP contribution in [0.25, 0.3) is 0 Å². The van der Waals surface area contributed by atoms with Crippen molar-refractivity contribution in [2.75, 3.05) is 0 Å². The normalized spacial score (nSPS) is 14.4. The molecule has 0 bridgehead atoms. The standard InChI is InChI=1S/C5H3NO2S/c9-4-6-5-3-7-1-2-8-5/h1-3H. The van der Waals surface area contributed by atoms with Crippen molar-refractivity contribution >= 4 is 17.4 Å². The van der Waals surface area contributed by atoms with E-state index in [2.05, 4.69) is 27.1 Å². The van der Waals surface area contributed by atoms with Gasteiger partial charge in [0.1, 0.15) is 12.5 Å². The number of isothiocyanates is 1. The molecule has 0 aromatic rings. The minimum absolute atomic E-state index is 0.313. The smallest absolute Gasteiger partial charge is 0.263 e. The largest absolute Gasteiger partial charge is 0.464 e. The van der Waals surface area contributed by atoms with Crippen LogP contribution < -0.4 is 0 Å². The molecule has 0 N–H and O–H groups in total. The molecule has 0 radical (unpaired) electrons. The summed E-state index contributed by atoms with van der Waals surface area (Å²) in [6.45, 7) is 0. The fourth-order valence-corrected chi connectivity index (χ4v) is 0.442. The molecule has 0 aromatic heterocycles. The second kappa shape index (κ2) is 3.02. The predicted molar refractivity (Wildman–Crippen MR) is 34.4 cm³/mol. The molecule has 46 valence electrons. The number of hydrogen-bond acceptors (Lipinski definition) is 4. The van der Waals surface area contributed by atoms with Gasteiger partial charge in [-0.25, -0.2) is 0 Å². The summed E-state index contributed by atoms with van der Waals surface area (Å²) < 4.78 is 9.47. The van der Waals surface area contributed by atoms with Crippen molar-refractivity contribution in [3.8, 4) is 0 Å². The molecule has 0 aromatic carbocycles. The lowest BCUT2D eigenvalue weighted by Gasteiger charge is -2.01. The maximum Gasteiger partial charge on any atom is 0.263 e. The molecule has 0 unspecified atom stereocenters. The van der Waals surface area contributed by atoms with Gasteiger partial charge in [0.25, 0.3) is 5.88 Å². The van der Waals surface area contributed by atoms with Crippen LogP contribution in [-0.2, 0) is 9.47 Å². The molecule has 1 heterocycles. The van der Waals surface area contributed by atoms with E-state index in [1.54, 1.807) is 0 Å². The number of aliphatic imine (C=N–C) groups is 1. The van der Waals surface area contributed by atoms with Crippen molar-refractivity contribution in [1.29, 1.82) is 0 Å². The fourth-order valence-electron chi connectivity index (χ4n) is 0.353. The summed E-state index contributed by atoms with van der Waals surface area (Å²) in [5.74, 6) is 0.313. The average molecular weight is 141 g/mol. The van der Waals surface area contributed by atoms with E-state index < -0.39 is 0 Å². The third-order valence-corrected chi connectivity index (χ3v) is 0.739. The van der Waals surface area contributed by atoms with Gasteiger partial charge >= 0.3 is 0 Å². The van der Waals surface area contributed by atoms with Crippen LogP contribution in [0.5, 0.6) is 0 Å². The highest BCUT2D eigenvalue weighted by Gasteiger charge is 1.94.